The molecular formula is C21H24ClN3O3S. The van der Waals surface area contributed by atoms with E-state index < -0.39 is 15.6 Å². The van der Waals surface area contributed by atoms with E-state index in [4.69, 9.17) is 16.3 Å². The Morgan fingerprint density at radius 1 is 1.03 bits per heavy atom. The Hall–Kier alpha value is -1.96. The molecule has 2 heterocycles. The number of hydrogen-bond donors (Lipinski definition) is 1. The molecule has 0 unspecified atom stereocenters. The monoisotopic (exact) mass is 433 g/mol. The predicted molar refractivity (Wildman–Crippen MR) is 115 cm³/mol. The van der Waals surface area contributed by atoms with Crippen LogP contribution in [-0.2, 0) is 10.0 Å². The van der Waals surface area contributed by atoms with Crippen molar-refractivity contribution < 1.29 is 13.2 Å². The number of ether oxygens (including phenoxy) is 1. The molecular weight excluding hydrogens is 410 g/mol. The highest BCUT2D eigenvalue weighted by Gasteiger charge is 2.49. The number of benzene rings is 2. The van der Waals surface area contributed by atoms with Crippen LogP contribution in [0.1, 0.15) is 19.3 Å². The third kappa shape index (κ3) is 3.25. The number of rotatable bonds is 3. The lowest BCUT2D eigenvalue weighted by Gasteiger charge is -2.49. The van der Waals surface area contributed by atoms with Crippen LogP contribution in [0, 0.1) is 0 Å². The molecule has 1 spiro atoms. The van der Waals surface area contributed by atoms with Gasteiger partial charge in [0.15, 0.2) is 5.75 Å². The Kier molecular flexibility index (Phi) is 4.64. The highest BCUT2D eigenvalue weighted by atomic mass is 35.5. The van der Waals surface area contributed by atoms with E-state index in [9.17, 15) is 8.42 Å². The third-order valence-electron chi connectivity index (χ3n) is 6.10. The molecule has 1 aliphatic carbocycles. The summed E-state index contributed by atoms with van der Waals surface area (Å²) >= 11 is 6.09. The third-order valence-corrected chi connectivity index (χ3v) is 8.09. The smallest absolute Gasteiger partial charge is 0.264 e. The van der Waals surface area contributed by atoms with E-state index in [0.29, 0.717) is 23.0 Å². The largest absolute Gasteiger partial charge is 0.481 e. The average Bonchev–Trinajstić information content (AvgIpc) is 2.72. The average molecular weight is 434 g/mol. The Morgan fingerprint density at radius 2 is 1.76 bits per heavy atom. The van der Waals surface area contributed by atoms with E-state index >= 15 is 0 Å². The molecule has 2 aromatic carbocycles. The number of fused-ring (bicyclic) bond motifs is 1. The minimum Gasteiger partial charge on any atom is -0.481 e. The SMILES string of the molecule is O=S(=O)(c1cccc(Cl)c1)N1CC2(CCC2)Oc2c(N3CCNCC3)cccc21. The summed E-state index contributed by atoms with van der Waals surface area (Å²) in [4.78, 5) is 2.48. The molecule has 6 nitrogen and oxygen atoms in total. The van der Waals surface area contributed by atoms with Gasteiger partial charge in [-0.05, 0) is 49.6 Å². The van der Waals surface area contributed by atoms with Crippen LogP contribution in [0.15, 0.2) is 47.4 Å². The van der Waals surface area contributed by atoms with Gasteiger partial charge in [-0.15, -0.1) is 0 Å². The Labute approximate surface area is 176 Å². The number of hydrogen-bond acceptors (Lipinski definition) is 5. The maximum Gasteiger partial charge on any atom is 0.264 e. The molecule has 0 aromatic heterocycles. The number of nitrogens with zero attached hydrogens (tertiary/aromatic N) is 2. The normalized spacial score (nSPS) is 20.7. The van der Waals surface area contributed by atoms with Crippen molar-refractivity contribution in [2.24, 2.45) is 0 Å². The fourth-order valence-corrected chi connectivity index (χ4v) is 6.21. The first-order valence-electron chi connectivity index (χ1n) is 10.0. The fraction of sp³-hybridized carbons (Fsp3) is 0.429. The van der Waals surface area contributed by atoms with Crippen molar-refractivity contribution in [3.8, 4) is 5.75 Å². The molecule has 2 fully saturated rings. The predicted octanol–water partition coefficient (Wildman–Crippen LogP) is 3.26. The summed E-state index contributed by atoms with van der Waals surface area (Å²) in [6.45, 7) is 3.88. The van der Waals surface area contributed by atoms with Crippen LogP contribution in [0.2, 0.25) is 5.02 Å². The second-order valence-corrected chi connectivity index (χ2v) is 10.3. The van der Waals surface area contributed by atoms with Crippen LogP contribution in [0.25, 0.3) is 0 Å². The molecule has 1 N–H and O–H groups in total. The second-order valence-electron chi connectivity index (χ2n) is 7.97. The van der Waals surface area contributed by atoms with Crippen molar-refractivity contribution in [2.45, 2.75) is 29.8 Å². The first-order chi connectivity index (χ1) is 14.0. The molecule has 2 aliphatic heterocycles. The van der Waals surface area contributed by atoms with E-state index in [1.807, 2.05) is 18.2 Å². The first-order valence-corrected chi connectivity index (χ1v) is 11.9. The minimum absolute atomic E-state index is 0.208. The van der Waals surface area contributed by atoms with Gasteiger partial charge >= 0.3 is 0 Å². The van der Waals surface area contributed by atoms with Gasteiger partial charge < -0.3 is 15.0 Å². The van der Waals surface area contributed by atoms with Crippen LogP contribution in [0.3, 0.4) is 0 Å². The van der Waals surface area contributed by atoms with Gasteiger partial charge in [0.25, 0.3) is 10.0 Å². The molecule has 29 heavy (non-hydrogen) atoms. The van der Waals surface area contributed by atoms with Crippen LogP contribution in [0.5, 0.6) is 5.75 Å². The highest BCUT2D eigenvalue weighted by molar-refractivity contribution is 7.92. The quantitative estimate of drug-likeness (QED) is 0.805. The summed E-state index contributed by atoms with van der Waals surface area (Å²) in [7, 11) is -3.75. The molecule has 5 rings (SSSR count). The highest BCUT2D eigenvalue weighted by Crippen LogP contribution is 2.51. The lowest BCUT2D eigenvalue weighted by Crippen LogP contribution is -2.57. The van der Waals surface area contributed by atoms with Crippen molar-refractivity contribution in [1.29, 1.82) is 0 Å². The van der Waals surface area contributed by atoms with Gasteiger partial charge in [0.1, 0.15) is 5.60 Å². The molecule has 8 heteroatoms. The van der Waals surface area contributed by atoms with Crippen LogP contribution < -0.4 is 19.3 Å². The number of halogens is 1. The topological polar surface area (TPSA) is 61.9 Å². The zero-order valence-corrected chi connectivity index (χ0v) is 17.7. The maximum atomic E-state index is 13.6. The van der Waals surface area contributed by atoms with Crippen molar-refractivity contribution in [1.82, 2.24) is 5.32 Å². The van der Waals surface area contributed by atoms with Crippen LogP contribution in [-0.4, -0.2) is 46.7 Å². The van der Waals surface area contributed by atoms with Gasteiger partial charge in [-0.25, -0.2) is 8.42 Å². The minimum atomic E-state index is -3.75. The van der Waals surface area contributed by atoms with Crippen LogP contribution in [0.4, 0.5) is 11.4 Å². The summed E-state index contributed by atoms with van der Waals surface area (Å²) in [5, 5.41) is 3.77. The summed E-state index contributed by atoms with van der Waals surface area (Å²) < 4.78 is 35.3. The van der Waals surface area contributed by atoms with Gasteiger partial charge in [-0.3, -0.25) is 4.31 Å². The van der Waals surface area contributed by atoms with Crippen molar-refractivity contribution >= 4 is 33.0 Å². The van der Waals surface area contributed by atoms with E-state index in [1.165, 1.54) is 10.4 Å². The Bertz CT molecular complexity index is 1030. The van der Waals surface area contributed by atoms with Gasteiger partial charge in [0.2, 0.25) is 0 Å². The molecule has 1 saturated heterocycles. The van der Waals surface area contributed by atoms with E-state index in [-0.39, 0.29) is 4.90 Å². The van der Waals surface area contributed by atoms with Crippen LogP contribution >= 0.6 is 11.6 Å². The summed E-state index contributed by atoms with van der Waals surface area (Å²) in [5.74, 6) is 0.686. The number of anilines is 2. The zero-order chi connectivity index (χ0) is 20.1. The number of nitrogens with one attached hydrogen (secondary N) is 1. The summed E-state index contributed by atoms with van der Waals surface area (Å²) in [6, 6.07) is 12.3. The van der Waals surface area contributed by atoms with Gasteiger partial charge in [0, 0.05) is 31.2 Å². The molecule has 3 aliphatic rings. The lowest BCUT2D eigenvalue weighted by atomic mass is 9.79. The maximum absolute atomic E-state index is 13.6. The first kappa shape index (κ1) is 19.0. The van der Waals surface area contributed by atoms with Crippen molar-refractivity contribution in [3.05, 3.63) is 47.5 Å². The molecule has 0 amide bonds. The van der Waals surface area contributed by atoms with Crippen molar-refractivity contribution in [2.75, 3.05) is 41.9 Å². The standard InChI is InChI=1S/C21H24ClN3O3S/c22-16-4-1-5-17(14-16)29(26,27)25-15-21(8-3-9-21)28-20-18(6-2-7-19(20)25)24-12-10-23-11-13-24/h1-2,4-7,14,23H,3,8-13,15H2. The second kappa shape index (κ2) is 7.07. The zero-order valence-electron chi connectivity index (χ0n) is 16.1. The molecule has 0 bridgehead atoms. The van der Waals surface area contributed by atoms with E-state index in [2.05, 4.69) is 10.2 Å². The van der Waals surface area contributed by atoms with E-state index in [1.54, 1.807) is 18.2 Å². The number of sulfonamides is 1. The number of piperazine rings is 1. The van der Waals surface area contributed by atoms with Gasteiger partial charge in [-0.2, -0.15) is 0 Å². The summed E-state index contributed by atoms with van der Waals surface area (Å²) in [6.07, 6.45) is 2.78. The number of para-hydroxylation sites is 1. The van der Waals surface area contributed by atoms with Crippen molar-refractivity contribution in [3.63, 3.8) is 0 Å². The van der Waals surface area contributed by atoms with Gasteiger partial charge in [0.05, 0.1) is 22.8 Å². The molecule has 0 atom stereocenters. The van der Waals surface area contributed by atoms with E-state index in [0.717, 1.165) is 51.1 Å². The van der Waals surface area contributed by atoms with Gasteiger partial charge in [-0.1, -0.05) is 23.7 Å². The Balaban J connectivity index is 1.63. The molecule has 0 radical (unpaired) electrons. The lowest BCUT2D eigenvalue weighted by molar-refractivity contribution is -0.00338. The fourth-order valence-electron chi connectivity index (χ4n) is 4.36. The Morgan fingerprint density at radius 3 is 2.45 bits per heavy atom. The molecule has 1 saturated carbocycles. The summed E-state index contributed by atoms with van der Waals surface area (Å²) in [5.41, 5.74) is 1.14. The molecule has 154 valence electrons. The molecule has 2 aromatic rings.